The second kappa shape index (κ2) is 9.84. The highest BCUT2D eigenvalue weighted by Gasteiger charge is 2.40. The van der Waals surface area contributed by atoms with Gasteiger partial charge in [-0.3, -0.25) is 19.3 Å². The standard InChI is InChI=1S/C24H22N4O5S/c1-3-32-23(30)18-17(15-8-6-10-27-13-15)19(24(31)33-4-2)22-28(20(18)25)21(29)16(34-22)11-14-7-5-9-26-12-14/h5-13,17H,3-4,25H2,1-2H3/b16-11+/t17-/m1/s1. The lowest BCUT2D eigenvalue weighted by Crippen LogP contribution is -2.42. The maximum Gasteiger partial charge on any atom is 0.338 e. The molecule has 4 rings (SSSR count). The zero-order chi connectivity index (χ0) is 24.2. The van der Waals surface area contributed by atoms with Crippen LogP contribution < -0.4 is 20.5 Å². The van der Waals surface area contributed by atoms with Crippen molar-refractivity contribution in [3.05, 3.63) is 85.3 Å². The van der Waals surface area contributed by atoms with Crippen LogP contribution in [0.25, 0.3) is 17.5 Å². The summed E-state index contributed by atoms with van der Waals surface area (Å²) in [4.78, 5) is 47.9. The second-order valence-electron chi connectivity index (χ2n) is 7.22. The molecule has 3 aromatic rings. The summed E-state index contributed by atoms with van der Waals surface area (Å²) in [5.41, 5.74) is 7.32. The number of thiazole rings is 1. The van der Waals surface area contributed by atoms with Crippen molar-refractivity contribution < 1.29 is 19.1 Å². The average Bonchev–Trinajstić information content (AvgIpc) is 3.16. The molecule has 1 aliphatic rings. The Kier molecular flexibility index (Phi) is 6.69. The van der Waals surface area contributed by atoms with Gasteiger partial charge in [0.05, 0.1) is 34.8 Å². The summed E-state index contributed by atoms with van der Waals surface area (Å²) in [5.74, 6) is -2.40. The number of carbonyl (C=O) groups excluding carboxylic acids is 2. The molecule has 10 heteroatoms. The van der Waals surface area contributed by atoms with Crippen LogP contribution in [0, 0.1) is 0 Å². The van der Waals surface area contributed by atoms with E-state index in [1.54, 1.807) is 69.0 Å². The highest BCUT2D eigenvalue weighted by atomic mass is 32.1. The van der Waals surface area contributed by atoms with Crippen molar-refractivity contribution in [2.24, 2.45) is 5.73 Å². The average molecular weight is 479 g/mol. The molecule has 0 fully saturated rings. The first-order chi connectivity index (χ1) is 16.5. The fourth-order valence-electron chi connectivity index (χ4n) is 3.76. The zero-order valence-corrected chi connectivity index (χ0v) is 19.4. The van der Waals surface area contributed by atoms with Crippen LogP contribution in [0.5, 0.6) is 0 Å². The minimum absolute atomic E-state index is 0.0155. The molecule has 1 atom stereocenters. The van der Waals surface area contributed by atoms with E-state index in [-0.39, 0.29) is 34.8 Å². The molecule has 0 amide bonds. The second-order valence-corrected chi connectivity index (χ2v) is 8.25. The number of ether oxygens (including phenoxy) is 2. The Bertz CT molecular complexity index is 1440. The lowest BCUT2D eigenvalue weighted by atomic mass is 9.84. The van der Waals surface area contributed by atoms with E-state index in [4.69, 9.17) is 15.2 Å². The Balaban J connectivity index is 2.11. The van der Waals surface area contributed by atoms with Gasteiger partial charge in [0.15, 0.2) is 0 Å². The molecule has 34 heavy (non-hydrogen) atoms. The number of pyridine rings is 2. The fraction of sp³-hybridized carbons (Fsp3) is 0.208. The van der Waals surface area contributed by atoms with Gasteiger partial charge in [-0.15, -0.1) is 11.3 Å². The minimum atomic E-state index is -0.920. The normalized spacial score (nSPS) is 15.8. The molecule has 1 aliphatic heterocycles. The summed E-state index contributed by atoms with van der Waals surface area (Å²) in [5, 5.41) is 0. The molecular weight excluding hydrogens is 456 g/mol. The van der Waals surface area contributed by atoms with E-state index in [9.17, 15) is 14.4 Å². The number of hydrogen-bond donors (Lipinski definition) is 1. The maximum absolute atomic E-state index is 13.4. The van der Waals surface area contributed by atoms with E-state index in [0.29, 0.717) is 15.7 Å². The highest BCUT2D eigenvalue weighted by Crippen LogP contribution is 2.37. The number of nitrogens with zero attached hydrogens (tertiary/aromatic N) is 3. The summed E-state index contributed by atoms with van der Waals surface area (Å²) >= 11 is 1.09. The van der Waals surface area contributed by atoms with Crippen molar-refractivity contribution in [3.63, 3.8) is 0 Å². The van der Waals surface area contributed by atoms with E-state index < -0.39 is 23.4 Å². The van der Waals surface area contributed by atoms with Crippen LogP contribution >= 0.6 is 11.3 Å². The van der Waals surface area contributed by atoms with Gasteiger partial charge in [-0.2, -0.15) is 0 Å². The summed E-state index contributed by atoms with van der Waals surface area (Å²) in [7, 11) is 0. The SMILES string of the molecule is CCOC(=O)C1=C(N)n2c(s/c(=C/c3cccnc3)c2=O)=C(C(=O)OCC)[C@@H]1c1cccnc1. The first-order valence-corrected chi connectivity index (χ1v) is 11.4. The fourth-order valence-corrected chi connectivity index (χ4v) is 4.92. The smallest absolute Gasteiger partial charge is 0.338 e. The Labute approximate surface area is 198 Å². The van der Waals surface area contributed by atoms with Gasteiger partial charge in [-0.25, -0.2) is 9.59 Å². The first kappa shape index (κ1) is 23.1. The molecule has 0 radical (unpaired) electrons. The van der Waals surface area contributed by atoms with Crippen LogP contribution in [0.2, 0.25) is 0 Å². The molecule has 4 heterocycles. The van der Waals surface area contributed by atoms with Crippen LogP contribution in [0.3, 0.4) is 0 Å². The molecule has 2 N–H and O–H groups in total. The first-order valence-electron chi connectivity index (χ1n) is 10.6. The van der Waals surface area contributed by atoms with Gasteiger partial charge in [-0.05, 0) is 43.2 Å². The van der Waals surface area contributed by atoms with E-state index >= 15 is 0 Å². The van der Waals surface area contributed by atoms with Crippen LogP contribution in [0.15, 0.2) is 59.4 Å². The van der Waals surface area contributed by atoms with Crippen molar-refractivity contribution in [2.75, 3.05) is 13.2 Å². The van der Waals surface area contributed by atoms with Crippen molar-refractivity contribution in [3.8, 4) is 0 Å². The summed E-state index contributed by atoms with van der Waals surface area (Å²) in [6.07, 6.45) is 8.02. The van der Waals surface area contributed by atoms with E-state index in [1.165, 1.54) is 4.57 Å². The molecule has 0 saturated carbocycles. The quantitative estimate of drug-likeness (QED) is 0.514. The van der Waals surface area contributed by atoms with Crippen molar-refractivity contribution in [1.82, 2.24) is 14.5 Å². The number of aromatic nitrogens is 3. The van der Waals surface area contributed by atoms with Crippen LogP contribution in [-0.2, 0) is 19.1 Å². The van der Waals surface area contributed by atoms with Gasteiger partial charge in [0.1, 0.15) is 10.5 Å². The van der Waals surface area contributed by atoms with Gasteiger partial charge in [0, 0.05) is 24.8 Å². The number of carbonyl (C=O) groups is 2. The van der Waals surface area contributed by atoms with Gasteiger partial charge in [0.25, 0.3) is 5.56 Å². The van der Waals surface area contributed by atoms with Gasteiger partial charge < -0.3 is 15.2 Å². The third-order valence-corrected chi connectivity index (χ3v) is 6.25. The van der Waals surface area contributed by atoms with Crippen LogP contribution in [0.1, 0.15) is 30.9 Å². The number of fused-ring (bicyclic) bond motifs is 1. The third kappa shape index (κ3) is 4.15. The maximum atomic E-state index is 13.4. The lowest BCUT2D eigenvalue weighted by molar-refractivity contribution is -0.138. The molecule has 0 unspecified atom stereocenters. The topological polar surface area (TPSA) is 126 Å². The van der Waals surface area contributed by atoms with Gasteiger partial charge >= 0.3 is 11.9 Å². The number of nitrogens with two attached hydrogens (primary N) is 1. The predicted octanol–water partition coefficient (Wildman–Crippen LogP) is 0.730. The largest absolute Gasteiger partial charge is 0.463 e. The Morgan fingerprint density at radius 2 is 1.71 bits per heavy atom. The lowest BCUT2D eigenvalue weighted by Gasteiger charge is -2.26. The third-order valence-electron chi connectivity index (χ3n) is 5.14. The van der Waals surface area contributed by atoms with Crippen LogP contribution in [-0.4, -0.2) is 39.7 Å². The number of rotatable bonds is 6. The van der Waals surface area contributed by atoms with Crippen molar-refractivity contribution in [2.45, 2.75) is 19.8 Å². The van der Waals surface area contributed by atoms with Gasteiger partial charge in [0.2, 0.25) is 0 Å². The molecule has 0 aromatic carbocycles. The van der Waals surface area contributed by atoms with E-state index in [1.807, 2.05) is 0 Å². The summed E-state index contributed by atoms with van der Waals surface area (Å²) in [6, 6.07) is 6.97. The monoisotopic (exact) mass is 478 g/mol. The molecule has 0 aliphatic carbocycles. The Hall–Kier alpha value is -4.05. The molecule has 0 spiro atoms. The molecule has 0 saturated heterocycles. The molecular formula is C24H22N4O5S. The summed E-state index contributed by atoms with van der Waals surface area (Å²) in [6.45, 7) is 3.55. The minimum Gasteiger partial charge on any atom is -0.463 e. The molecule has 3 aromatic heterocycles. The summed E-state index contributed by atoms with van der Waals surface area (Å²) < 4.78 is 12.4. The van der Waals surface area contributed by atoms with Crippen molar-refractivity contribution >= 4 is 40.7 Å². The number of esters is 2. The van der Waals surface area contributed by atoms with E-state index in [2.05, 4.69) is 9.97 Å². The molecule has 9 nitrogen and oxygen atoms in total. The molecule has 174 valence electrons. The van der Waals surface area contributed by atoms with E-state index in [0.717, 1.165) is 11.3 Å². The zero-order valence-electron chi connectivity index (χ0n) is 18.6. The molecule has 0 bridgehead atoms. The van der Waals surface area contributed by atoms with Crippen LogP contribution in [0.4, 0.5) is 0 Å². The Morgan fingerprint density at radius 1 is 1.06 bits per heavy atom. The highest BCUT2D eigenvalue weighted by molar-refractivity contribution is 7.07. The predicted molar refractivity (Wildman–Crippen MR) is 127 cm³/mol. The van der Waals surface area contributed by atoms with Crippen molar-refractivity contribution in [1.29, 1.82) is 0 Å². The number of hydrogen-bond acceptors (Lipinski definition) is 9. The van der Waals surface area contributed by atoms with Gasteiger partial charge in [-0.1, -0.05) is 12.1 Å². The Morgan fingerprint density at radius 3 is 2.29 bits per heavy atom.